The maximum Gasteiger partial charge on any atom is 0.306 e. The quantitative estimate of drug-likeness (QED) is 0.0596. The van der Waals surface area contributed by atoms with Crippen LogP contribution in [0.1, 0.15) is 122 Å². The maximum absolute atomic E-state index is 12.5. The lowest BCUT2D eigenvalue weighted by atomic mass is 9.98. The van der Waals surface area contributed by atoms with Gasteiger partial charge in [0.15, 0.2) is 6.29 Å². The molecule has 1 saturated heterocycles. The van der Waals surface area contributed by atoms with Gasteiger partial charge in [0.2, 0.25) is 5.91 Å². The van der Waals surface area contributed by atoms with Gasteiger partial charge in [-0.2, -0.15) is 0 Å². The monoisotopic (exact) mass is 675 g/mol. The highest BCUT2D eigenvalue weighted by Crippen LogP contribution is 2.29. The molecule has 0 spiro atoms. The minimum absolute atomic E-state index is 0.0329. The summed E-state index contributed by atoms with van der Waals surface area (Å²) in [5, 5.41) is 2.91. The molecule has 0 aliphatic carbocycles. The van der Waals surface area contributed by atoms with E-state index in [0.717, 1.165) is 12.8 Å². The average molecular weight is 675 g/mol. The molecule has 278 valence electrons. The number of unbranched alkanes of at least 4 members (excludes halogenated alkanes) is 15. The molecule has 1 amide bonds. The first-order chi connectivity index (χ1) is 23.0. The molecule has 1 aliphatic rings. The molecule has 1 fully saturated rings. The topological polar surface area (TPSA) is 180 Å². The van der Waals surface area contributed by atoms with Crippen LogP contribution in [0.15, 0.2) is 0 Å². The van der Waals surface area contributed by atoms with Crippen molar-refractivity contribution in [2.75, 3.05) is 59.7 Å². The predicted octanol–water partition coefficient (Wildman–Crippen LogP) is 4.09. The first kappa shape index (κ1) is 43.6. The SMILES string of the molecule is CCCCCCCCCCCCCCCCCCNC(=O)CCC(=O)OC[C@H]1O[C@H](OC)[C@H](OCCN)[C@@H](OCCN)[C@H]1OCCN. The van der Waals surface area contributed by atoms with Crippen molar-refractivity contribution in [3.63, 3.8) is 0 Å². The van der Waals surface area contributed by atoms with Crippen LogP contribution >= 0.6 is 0 Å². The van der Waals surface area contributed by atoms with E-state index in [9.17, 15) is 9.59 Å². The van der Waals surface area contributed by atoms with Gasteiger partial charge >= 0.3 is 5.97 Å². The van der Waals surface area contributed by atoms with Crippen molar-refractivity contribution in [3.8, 4) is 0 Å². The molecule has 12 heteroatoms. The third-order valence-electron chi connectivity index (χ3n) is 8.43. The number of rotatable bonds is 32. The van der Waals surface area contributed by atoms with Crippen molar-refractivity contribution in [2.45, 2.75) is 153 Å². The highest BCUT2D eigenvalue weighted by molar-refractivity contribution is 5.81. The molecule has 1 aliphatic heterocycles. The molecule has 0 aromatic carbocycles. The molecule has 0 bridgehead atoms. The fourth-order valence-corrected chi connectivity index (χ4v) is 5.83. The fourth-order valence-electron chi connectivity index (χ4n) is 5.83. The largest absolute Gasteiger partial charge is 0.463 e. The van der Waals surface area contributed by atoms with E-state index in [1.54, 1.807) is 0 Å². The molecule has 0 unspecified atom stereocenters. The van der Waals surface area contributed by atoms with E-state index in [0.29, 0.717) is 19.6 Å². The molecule has 5 atom stereocenters. The van der Waals surface area contributed by atoms with Gasteiger partial charge in [0.1, 0.15) is 31.0 Å². The standard InChI is InChI=1S/C35H70N4O8/c1-3-4-5-6-7-8-9-10-11-12-13-14-15-16-17-18-24-39-30(40)19-20-31(41)46-28-29-32(43-25-21-36)33(44-26-22-37)34(45-27-23-38)35(42-2)47-29/h29,32-35H,3-28,36-38H2,1-2H3,(H,39,40)/t29-,32+,33+,34-,35+/m1/s1. The number of carbonyl (C=O) groups excluding carboxylic acids is 2. The van der Waals surface area contributed by atoms with Crippen molar-refractivity contribution < 1.29 is 38.0 Å². The van der Waals surface area contributed by atoms with E-state index >= 15 is 0 Å². The van der Waals surface area contributed by atoms with Crippen molar-refractivity contribution >= 4 is 11.9 Å². The van der Waals surface area contributed by atoms with E-state index in [4.69, 9.17) is 45.6 Å². The van der Waals surface area contributed by atoms with E-state index in [1.807, 2.05) is 0 Å². The summed E-state index contributed by atoms with van der Waals surface area (Å²) in [6.07, 6.45) is 17.6. The van der Waals surface area contributed by atoms with Crippen molar-refractivity contribution in [1.29, 1.82) is 0 Å². The third-order valence-corrected chi connectivity index (χ3v) is 8.43. The molecule has 12 nitrogen and oxygen atoms in total. The van der Waals surface area contributed by atoms with Gasteiger partial charge in [0, 0.05) is 39.7 Å². The number of methoxy groups -OCH3 is 1. The number of hydrogen-bond donors (Lipinski definition) is 4. The Labute approximate surface area is 285 Å². The van der Waals surface area contributed by atoms with Crippen LogP contribution in [0.5, 0.6) is 0 Å². The van der Waals surface area contributed by atoms with Gasteiger partial charge in [-0.15, -0.1) is 0 Å². The third kappa shape index (κ3) is 21.3. The highest BCUT2D eigenvalue weighted by Gasteiger charge is 2.48. The number of hydrogen-bond acceptors (Lipinski definition) is 11. The Bertz CT molecular complexity index is 750. The minimum atomic E-state index is -0.805. The zero-order valence-corrected chi connectivity index (χ0v) is 29.8. The van der Waals surface area contributed by atoms with E-state index in [-0.39, 0.29) is 51.7 Å². The van der Waals surface area contributed by atoms with Gasteiger partial charge < -0.3 is 50.9 Å². The van der Waals surface area contributed by atoms with Gasteiger partial charge in [-0.25, -0.2) is 0 Å². The number of nitrogens with two attached hydrogens (primary N) is 3. The average Bonchev–Trinajstić information content (AvgIpc) is 3.08. The second-order valence-corrected chi connectivity index (χ2v) is 12.5. The molecular weight excluding hydrogens is 604 g/mol. The summed E-state index contributed by atoms with van der Waals surface area (Å²) in [5.41, 5.74) is 17.0. The zero-order chi connectivity index (χ0) is 34.4. The molecule has 47 heavy (non-hydrogen) atoms. The molecule has 1 rings (SSSR count). The first-order valence-electron chi connectivity index (χ1n) is 18.6. The molecule has 0 aromatic heterocycles. The highest BCUT2D eigenvalue weighted by atomic mass is 16.7. The van der Waals surface area contributed by atoms with Crippen LogP contribution in [-0.4, -0.2) is 102 Å². The van der Waals surface area contributed by atoms with Crippen molar-refractivity contribution in [1.82, 2.24) is 5.32 Å². The number of nitrogens with one attached hydrogen (secondary N) is 1. The van der Waals surface area contributed by atoms with Gasteiger partial charge in [-0.3, -0.25) is 9.59 Å². The maximum atomic E-state index is 12.5. The second kappa shape index (κ2) is 30.7. The lowest BCUT2D eigenvalue weighted by Crippen LogP contribution is -2.62. The summed E-state index contributed by atoms with van der Waals surface area (Å²) < 4.78 is 34.9. The number of carbonyl (C=O) groups is 2. The Kier molecular flexibility index (Phi) is 28.5. The van der Waals surface area contributed by atoms with E-state index in [2.05, 4.69) is 12.2 Å². The molecular formula is C35H70N4O8. The lowest BCUT2D eigenvalue weighted by molar-refractivity contribution is -0.316. The molecule has 0 radical (unpaired) electrons. The summed E-state index contributed by atoms with van der Waals surface area (Å²) >= 11 is 0. The van der Waals surface area contributed by atoms with Gasteiger partial charge in [0.05, 0.1) is 26.2 Å². The van der Waals surface area contributed by atoms with Crippen molar-refractivity contribution in [2.24, 2.45) is 17.2 Å². The van der Waals surface area contributed by atoms with Crippen LogP contribution in [0, 0.1) is 0 Å². The Morgan fingerprint density at radius 1 is 0.638 bits per heavy atom. The smallest absolute Gasteiger partial charge is 0.306 e. The van der Waals surface area contributed by atoms with Crippen LogP contribution in [0.3, 0.4) is 0 Å². The Morgan fingerprint density at radius 2 is 1.11 bits per heavy atom. The summed E-state index contributed by atoms with van der Waals surface area (Å²) in [5.74, 6) is -0.658. The Hall–Kier alpha value is -1.38. The Morgan fingerprint density at radius 3 is 1.60 bits per heavy atom. The minimum Gasteiger partial charge on any atom is -0.463 e. The second-order valence-electron chi connectivity index (χ2n) is 12.5. The fraction of sp³-hybridized carbons (Fsp3) is 0.943. The molecule has 0 aromatic rings. The van der Waals surface area contributed by atoms with Crippen LogP contribution < -0.4 is 22.5 Å². The van der Waals surface area contributed by atoms with Crippen LogP contribution in [-0.2, 0) is 38.0 Å². The van der Waals surface area contributed by atoms with Crippen LogP contribution in [0.2, 0.25) is 0 Å². The van der Waals surface area contributed by atoms with E-state index < -0.39 is 36.7 Å². The van der Waals surface area contributed by atoms with E-state index in [1.165, 1.54) is 97.0 Å². The van der Waals surface area contributed by atoms with Gasteiger partial charge in [-0.1, -0.05) is 103 Å². The predicted molar refractivity (Wildman–Crippen MR) is 185 cm³/mol. The normalized spacial score (nSPS) is 21.2. The molecule has 1 heterocycles. The lowest BCUT2D eigenvalue weighted by Gasteiger charge is -2.45. The zero-order valence-electron chi connectivity index (χ0n) is 29.8. The molecule has 7 N–H and O–H groups in total. The summed E-state index contributed by atoms with van der Waals surface area (Å²) in [4.78, 5) is 24.8. The summed E-state index contributed by atoms with van der Waals surface area (Å²) in [6.45, 7) is 4.42. The van der Waals surface area contributed by atoms with Crippen LogP contribution in [0.25, 0.3) is 0 Å². The summed E-state index contributed by atoms with van der Waals surface area (Å²) in [6, 6.07) is 0. The first-order valence-corrected chi connectivity index (χ1v) is 18.6. The number of ether oxygens (including phenoxy) is 6. The van der Waals surface area contributed by atoms with Crippen molar-refractivity contribution in [3.05, 3.63) is 0 Å². The number of amides is 1. The summed E-state index contributed by atoms with van der Waals surface area (Å²) in [7, 11) is 1.49. The van der Waals surface area contributed by atoms with Gasteiger partial charge in [0.25, 0.3) is 0 Å². The molecule has 0 saturated carbocycles. The van der Waals surface area contributed by atoms with Crippen LogP contribution in [0.4, 0.5) is 0 Å². The number of esters is 1. The van der Waals surface area contributed by atoms with Gasteiger partial charge in [-0.05, 0) is 6.42 Å². The Balaban J connectivity index is 2.23.